The van der Waals surface area contributed by atoms with E-state index in [9.17, 15) is 13.2 Å². The Kier molecular flexibility index (Phi) is 8.83. The van der Waals surface area contributed by atoms with Crippen molar-refractivity contribution >= 4 is 15.7 Å². The summed E-state index contributed by atoms with van der Waals surface area (Å²) in [6.07, 6.45) is -0.0355. The van der Waals surface area contributed by atoms with E-state index in [0.29, 0.717) is 26.4 Å². The molecular weight excluding hydrogens is 318 g/mol. The second-order valence-corrected chi connectivity index (χ2v) is 7.47. The van der Waals surface area contributed by atoms with Gasteiger partial charge >= 0.3 is 0 Å². The molecule has 130 valence electrons. The van der Waals surface area contributed by atoms with Gasteiger partial charge in [0.1, 0.15) is 0 Å². The maximum absolute atomic E-state index is 12.0. The molecule has 6 nitrogen and oxygen atoms in total. The van der Waals surface area contributed by atoms with Gasteiger partial charge in [0, 0.05) is 20.1 Å². The second-order valence-electron chi connectivity index (χ2n) is 5.29. The molecule has 0 aliphatic heterocycles. The lowest BCUT2D eigenvalue weighted by Crippen LogP contribution is -2.29. The number of rotatable bonds is 11. The molecule has 0 aliphatic carbocycles. The summed E-state index contributed by atoms with van der Waals surface area (Å²) in [5.41, 5.74) is 1.76. The molecule has 0 heterocycles. The van der Waals surface area contributed by atoms with Crippen LogP contribution in [0.3, 0.4) is 0 Å². The minimum atomic E-state index is -3.30. The van der Waals surface area contributed by atoms with Crippen LogP contribution in [0, 0.1) is 6.92 Å². The van der Waals surface area contributed by atoms with Gasteiger partial charge in [-0.3, -0.25) is 4.79 Å². The summed E-state index contributed by atoms with van der Waals surface area (Å²) in [6, 6.07) is 7.37. The van der Waals surface area contributed by atoms with Crippen LogP contribution < -0.4 is 5.32 Å². The Bertz CT molecular complexity index is 586. The number of nitrogens with one attached hydrogen (secondary N) is 1. The molecule has 0 aromatic heterocycles. The molecule has 7 heteroatoms. The Hall–Kier alpha value is -1.44. The van der Waals surface area contributed by atoms with Crippen molar-refractivity contribution in [2.75, 3.05) is 39.2 Å². The van der Waals surface area contributed by atoms with Crippen LogP contribution in [0.1, 0.15) is 17.5 Å². The van der Waals surface area contributed by atoms with Crippen LogP contribution in [0.5, 0.6) is 0 Å². The first-order valence-corrected chi connectivity index (χ1v) is 9.34. The minimum Gasteiger partial charge on any atom is -0.382 e. The number of carbonyl (C=O) groups is 1. The van der Waals surface area contributed by atoms with Crippen molar-refractivity contribution in [2.24, 2.45) is 0 Å². The zero-order valence-electron chi connectivity index (χ0n) is 13.7. The van der Waals surface area contributed by atoms with Crippen molar-refractivity contribution in [3.8, 4) is 0 Å². The Morgan fingerprint density at radius 3 is 2.70 bits per heavy atom. The Balaban J connectivity index is 2.26. The first kappa shape index (κ1) is 19.6. The van der Waals surface area contributed by atoms with Crippen LogP contribution >= 0.6 is 0 Å². The first-order chi connectivity index (χ1) is 10.9. The average Bonchev–Trinajstić information content (AvgIpc) is 2.48. The van der Waals surface area contributed by atoms with E-state index in [-0.39, 0.29) is 23.8 Å². The van der Waals surface area contributed by atoms with Crippen molar-refractivity contribution in [1.29, 1.82) is 0 Å². The predicted molar refractivity (Wildman–Crippen MR) is 89.0 cm³/mol. The van der Waals surface area contributed by atoms with Crippen LogP contribution in [0.25, 0.3) is 0 Å². The molecule has 0 saturated heterocycles. The molecule has 1 amide bonds. The van der Waals surface area contributed by atoms with E-state index >= 15 is 0 Å². The van der Waals surface area contributed by atoms with E-state index in [2.05, 4.69) is 5.32 Å². The molecule has 0 aliphatic rings. The zero-order valence-corrected chi connectivity index (χ0v) is 14.5. The summed E-state index contributed by atoms with van der Waals surface area (Å²) in [5.74, 6) is -0.479. The standard InChI is InChI=1S/C16H25NO5S/c1-14-4-3-5-15(12-14)13-23(19,20)11-6-16(18)17-7-8-22-10-9-21-2/h3-5,12H,6-11,13H2,1-2H3,(H,17,18). The van der Waals surface area contributed by atoms with Gasteiger partial charge in [0.2, 0.25) is 5.91 Å². The summed E-state index contributed by atoms with van der Waals surface area (Å²) in [4.78, 5) is 11.6. The highest BCUT2D eigenvalue weighted by molar-refractivity contribution is 7.90. The van der Waals surface area contributed by atoms with Gasteiger partial charge in [0.15, 0.2) is 9.84 Å². The van der Waals surface area contributed by atoms with E-state index in [1.54, 1.807) is 13.2 Å². The van der Waals surface area contributed by atoms with Gasteiger partial charge in [-0.2, -0.15) is 0 Å². The lowest BCUT2D eigenvalue weighted by Gasteiger charge is -2.07. The number of amides is 1. The van der Waals surface area contributed by atoms with E-state index < -0.39 is 9.84 Å². The third-order valence-electron chi connectivity index (χ3n) is 3.11. The summed E-state index contributed by atoms with van der Waals surface area (Å²) < 4.78 is 34.1. The van der Waals surface area contributed by atoms with Gasteiger partial charge in [-0.1, -0.05) is 29.8 Å². The van der Waals surface area contributed by atoms with E-state index in [1.807, 2.05) is 25.1 Å². The topological polar surface area (TPSA) is 81.7 Å². The number of carbonyl (C=O) groups excluding carboxylic acids is 1. The third-order valence-corrected chi connectivity index (χ3v) is 4.71. The van der Waals surface area contributed by atoms with Gasteiger partial charge < -0.3 is 14.8 Å². The van der Waals surface area contributed by atoms with Crippen LogP contribution in [0.2, 0.25) is 0 Å². The number of sulfone groups is 1. The lowest BCUT2D eigenvalue weighted by molar-refractivity contribution is -0.120. The Labute approximate surface area is 138 Å². The fourth-order valence-corrected chi connectivity index (χ4v) is 3.30. The number of benzene rings is 1. The maximum atomic E-state index is 12.0. The summed E-state index contributed by atoms with van der Waals surface area (Å²) in [6.45, 7) is 3.63. The number of aryl methyl sites for hydroxylation is 1. The number of hydrogen-bond donors (Lipinski definition) is 1. The van der Waals surface area contributed by atoms with Crippen LogP contribution in [0.4, 0.5) is 0 Å². The van der Waals surface area contributed by atoms with Gasteiger partial charge in [-0.15, -0.1) is 0 Å². The molecule has 0 spiro atoms. The molecule has 23 heavy (non-hydrogen) atoms. The van der Waals surface area contributed by atoms with E-state index in [1.165, 1.54) is 0 Å². The number of methoxy groups -OCH3 is 1. The summed E-state index contributed by atoms with van der Waals surface area (Å²) >= 11 is 0. The molecule has 1 aromatic carbocycles. The minimum absolute atomic E-state index is 0.0355. The van der Waals surface area contributed by atoms with Gasteiger partial charge in [-0.25, -0.2) is 8.42 Å². The monoisotopic (exact) mass is 343 g/mol. The number of hydrogen-bond acceptors (Lipinski definition) is 5. The fourth-order valence-electron chi connectivity index (χ4n) is 1.97. The summed E-state index contributed by atoms with van der Waals surface area (Å²) in [5, 5.41) is 2.64. The maximum Gasteiger partial charge on any atom is 0.221 e. The van der Waals surface area contributed by atoms with Gasteiger partial charge in [0.25, 0.3) is 0 Å². The quantitative estimate of drug-likeness (QED) is 0.608. The lowest BCUT2D eigenvalue weighted by atomic mass is 10.2. The SMILES string of the molecule is COCCOCCNC(=O)CCS(=O)(=O)Cc1cccc(C)c1. The molecule has 1 aromatic rings. The predicted octanol–water partition coefficient (Wildman–Crippen LogP) is 1.08. The van der Waals surface area contributed by atoms with Crippen LogP contribution in [-0.2, 0) is 29.9 Å². The van der Waals surface area contributed by atoms with E-state index in [4.69, 9.17) is 9.47 Å². The van der Waals surface area contributed by atoms with E-state index in [0.717, 1.165) is 11.1 Å². The third kappa shape index (κ3) is 9.32. The highest BCUT2D eigenvalue weighted by Crippen LogP contribution is 2.09. The largest absolute Gasteiger partial charge is 0.382 e. The second kappa shape index (κ2) is 10.4. The highest BCUT2D eigenvalue weighted by atomic mass is 32.2. The van der Waals surface area contributed by atoms with Gasteiger partial charge in [-0.05, 0) is 12.5 Å². The van der Waals surface area contributed by atoms with Crippen molar-refractivity contribution in [2.45, 2.75) is 19.1 Å². The zero-order chi connectivity index (χ0) is 17.1. The van der Waals surface area contributed by atoms with Crippen molar-refractivity contribution in [1.82, 2.24) is 5.32 Å². The van der Waals surface area contributed by atoms with Crippen molar-refractivity contribution in [3.05, 3.63) is 35.4 Å². The van der Waals surface area contributed by atoms with Gasteiger partial charge in [0.05, 0.1) is 31.3 Å². The normalized spacial score (nSPS) is 11.4. The summed E-state index contributed by atoms with van der Waals surface area (Å²) in [7, 11) is -1.71. The molecule has 1 N–H and O–H groups in total. The van der Waals surface area contributed by atoms with Crippen molar-refractivity contribution < 1.29 is 22.7 Å². The van der Waals surface area contributed by atoms with Crippen molar-refractivity contribution in [3.63, 3.8) is 0 Å². The molecule has 0 radical (unpaired) electrons. The average molecular weight is 343 g/mol. The molecule has 0 fully saturated rings. The fraction of sp³-hybridized carbons (Fsp3) is 0.562. The smallest absolute Gasteiger partial charge is 0.221 e. The Morgan fingerprint density at radius 1 is 1.22 bits per heavy atom. The van der Waals surface area contributed by atoms with Crippen LogP contribution in [-0.4, -0.2) is 53.6 Å². The Morgan fingerprint density at radius 2 is 2.00 bits per heavy atom. The first-order valence-electron chi connectivity index (χ1n) is 7.52. The highest BCUT2D eigenvalue weighted by Gasteiger charge is 2.14. The molecule has 0 atom stereocenters. The number of ether oxygens (including phenoxy) is 2. The van der Waals surface area contributed by atoms with Crippen LogP contribution in [0.15, 0.2) is 24.3 Å². The molecule has 0 unspecified atom stereocenters. The molecular formula is C16H25NO5S. The molecule has 0 saturated carbocycles. The molecule has 0 bridgehead atoms. The molecule has 1 rings (SSSR count).